The molecule has 0 aliphatic carbocycles. The molecule has 2 N–H and O–H groups in total. The first-order valence-corrected chi connectivity index (χ1v) is 8.38. The Hall–Kier alpha value is -1.59. The van der Waals surface area contributed by atoms with Gasteiger partial charge in [-0.25, -0.2) is 0 Å². The molecular formula is C17H24N4O. The van der Waals surface area contributed by atoms with Gasteiger partial charge in [0.05, 0.1) is 5.39 Å². The van der Waals surface area contributed by atoms with Crippen molar-refractivity contribution in [3.63, 3.8) is 0 Å². The maximum absolute atomic E-state index is 5.72. The number of anilines is 1. The van der Waals surface area contributed by atoms with Crippen LogP contribution in [0.1, 0.15) is 19.3 Å². The van der Waals surface area contributed by atoms with Crippen LogP contribution < -0.4 is 10.6 Å². The predicted octanol–water partition coefficient (Wildman–Crippen LogP) is 2.08. The number of rotatable bonds is 3. The molecule has 0 radical (unpaired) electrons. The number of hydrogen-bond donors (Lipinski definition) is 1. The van der Waals surface area contributed by atoms with Crippen LogP contribution in [0, 0.1) is 5.92 Å². The first-order chi connectivity index (χ1) is 10.8. The van der Waals surface area contributed by atoms with Gasteiger partial charge in [-0.1, -0.05) is 17.3 Å². The minimum atomic E-state index is 0.651. The lowest BCUT2D eigenvalue weighted by molar-refractivity contribution is 0.0928. The van der Waals surface area contributed by atoms with E-state index in [1.165, 1.54) is 25.8 Å². The minimum Gasteiger partial charge on any atom is -0.354 e. The molecule has 4 rings (SSSR count). The number of hydrogen-bond acceptors (Lipinski definition) is 5. The highest BCUT2D eigenvalue weighted by atomic mass is 16.5. The highest BCUT2D eigenvalue weighted by Crippen LogP contribution is 2.31. The summed E-state index contributed by atoms with van der Waals surface area (Å²) in [4.78, 5) is 5.05. The van der Waals surface area contributed by atoms with Crippen LogP contribution in [0.4, 0.5) is 5.82 Å². The van der Waals surface area contributed by atoms with Gasteiger partial charge in [-0.05, 0) is 43.9 Å². The van der Waals surface area contributed by atoms with Gasteiger partial charge in [0, 0.05) is 32.2 Å². The summed E-state index contributed by atoms with van der Waals surface area (Å²) >= 11 is 0. The average Bonchev–Trinajstić information content (AvgIpc) is 2.99. The van der Waals surface area contributed by atoms with Crippen molar-refractivity contribution in [3.8, 4) is 0 Å². The number of nitrogens with zero attached hydrogens (tertiary/aromatic N) is 3. The number of piperidine rings is 1. The van der Waals surface area contributed by atoms with Crippen LogP contribution in [-0.4, -0.2) is 48.8 Å². The van der Waals surface area contributed by atoms with Gasteiger partial charge in [0.2, 0.25) is 0 Å². The van der Waals surface area contributed by atoms with E-state index in [4.69, 9.17) is 10.3 Å². The second-order valence-corrected chi connectivity index (χ2v) is 6.62. The van der Waals surface area contributed by atoms with Gasteiger partial charge >= 0.3 is 0 Å². The normalized spacial score (nSPS) is 26.3. The van der Waals surface area contributed by atoms with Gasteiger partial charge in [0.25, 0.3) is 0 Å². The highest BCUT2D eigenvalue weighted by Gasteiger charge is 2.33. The van der Waals surface area contributed by atoms with Gasteiger partial charge < -0.3 is 15.2 Å². The smallest absolute Gasteiger partial charge is 0.180 e. The van der Waals surface area contributed by atoms with E-state index in [1.807, 2.05) is 12.1 Å². The summed E-state index contributed by atoms with van der Waals surface area (Å²) in [5.74, 6) is 1.81. The van der Waals surface area contributed by atoms with Crippen molar-refractivity contribution in [1.82, 2.24) is 10.1 Å². The van der Waals surface area contributed by atoms with Crippen LogP contribution in [-0.2, 0) is 0 Å². The SMILES string of the molecule is NCC[C@H]1CC[C@@H]2CN(c3noc4ccccc34)CCN2C1. The van der Waals surface area contributed by atoms with Crippen LogP contribution in [0.2, 0.25) is 0 Å². The molecule has 3 heterocycles. The fourth-order valence-electron chi connectivity index (χ4n) is 4.02. The van der Waals surface area contributed by atoms with Gasteiger partial charge in [-0.2, -0.15) is 0 Å². The van der Waals surface area contributed by atoms with E-state index in [9.17, 15) is 0 Å². The number of fused-ring (bicyclic) bond motifs is 2. The van der Waals surface area contributed by atoms with Gasteiger partial charge in [-0.15, -0.1) is 0 Å². The van der Waals surface area contributed by atoms with Crippen LogP contribution in [0.25, 0.3) is 11.0 Å². The molecule has 2 aliphatic heterocycles. The summed E-state index contributed by atoms with van der Waals surface area (Å²) < 4.78 is 5.47. The Labute approximate surface area is 131 Å². The molecule has 5 nitrogen and oxygen atoms in total. The molecular weight excluding hydrogens is 276 g/mol. The fraction of sp³-hybridized carbons (Fsp3) is 0.588. The Balaban J connectivity index is 1.49. The third-order valence-electron chi connectivity index (χ3n) is 5.24. The standard InChI is InChI=1S/C17H24N4O/c18-8-7-13-5-6-14-12-21(10-9-20(14)11-13)17-15-3-1-2-4-16(15)22-19-17/h1-4,13-14H,5-12,18H2/t13-,14-/m1/s1. The minimum absolute atomic E-state index is 0.651. The fourth-order valence-corrected chi connectivity index (χ4v) is 4.02. The zero-order valence-corrected chi connectivity index (χ0v) is 12.9. The summed E-state index contributed by atoms with van der Waals surface area (Å²) in [6, 6.07) is 8.79. The van der Waals surface area contributed by atoms with Crippen molar-refractivity contribution in [1.29, 1.82) is 0 Å². The monoisotopic (exact) mass is 300 g/mol. The maximum Gasteiger partial charge on any atom is 0.180 e. The Morgan fingerprint density at radius 3 is 3.00 bits per heavy atom. The number of piperazine rings is 1. The van der Waals surface area contributed by atoms with Gasteiger partial charge in [-0.3, -0.25) is 4.90 Å². The lowest BCUT2D eigenvalue weighted by Crippen LogP contribution is -2.56. The molecule has 5 heteroatoms. The highest BCUT2D eigenvalue weighted by molar-refractivity contribution is 5.88. The summed E-state index contributed by atoms with van der Waals surface area (Å²) in [6.07, 6.45) is 3.75. The first kappa shape index (κ1) is 14.0. The van der Waals surface area contributed by atoms with Crippen molar-refractivity contribution in [2.45, 2.75) is 25.3 Å². The summed E-state index contributed by atoms with van der Waals surface area (Å²) in [7, 11) is 0. The number of aromatic nitrogens is 1. The Morgan fingerprint density at radius 2 is 2.09 bits per heavy atom. The van der Waals surface area contributed by atoms with Crippen LogP contribution >= 0.6 is 0 Å². The van der Waals surface area contributed by atoms with E-state index in [1.54, 1.807) is 0 Å². The average molecular weight is 300 g/mol. The molecule has 2 fully saturated rings. The van der Waals surface area contributed by atoms with E-state index in [0.29, 0.717) is 6.04 Å². The zero-order valence-electron chi connectivity index (χ0n) is 12.9. The molecule has 1 aromatic heterocycles. The Kier molecular flexibility index (Phi) is 3.76. The molecule has 118 valence electrons. The molecule has 2 aliphatic rings. The quantitative estimate of drug-likeness (QED) is 0.940. The second kappa shape index (κ2) is 5.89. The molecule has 0 bridgehead atoms. The first-order valence-electron chi connectivity index (χ1n) is 8.38. The van der Waals surface area contributed by atoms with Crippen LogP contribution in [0.15, 0.2) is 28.8 Å². The van der Waals surface area contributed by atoms with E-state index >= 15 is 0 Å². The lowest BCUT2D eigenvalue weighted by atomic mass is 9.89. The van der Waals surface area contributed by atoms with Crippen molar-refractivity contribution in [3.05, 3.63) is 24.3 Å². The van der Waals surface area contributed by atoms with E-state index in [0.717, 1.165) is 48.9 Å². The van der Waals surface area contributed by atoms with Crippen molar-refractivity contribution in [2.75, 3.05) is 37.6 Å². The molecule has 0 unspecified atom stereocenters. The largest absolute Gasteiger partial charge is 0.354 e. The molecule has 0 spiro atoms. The summed E-state index contributed by atoms with van der Waals surface area (Å²) in [5.41, 5.74) is 6.60. The lowest BCUT2D eigenvalue weighted by Gasteiger charge is -2.46. The van der Waals surface area contributed by atoms with Crippen molar-refractivity contribution in [2.24, 2.45) is 11.7 Å². The summed E-state index contributed by atoms with van der Waals surface area (Å²) in [5, 5.41) is 5.45. The van der Waals surface area contributed by atoms with E-state index in [-0.39, 0.29) is 0 Å². The van der Waals surface area contributed by atoms with E-state index < -0.39 is 0 Å². The van der Waals surface area contributed by atoms with Crippen LogP contribution in [0.3, 0.4) is 0 Å². The second-order valence-electron chi connectivity index (χ2n) is 6.62. The molecule has 2 aromatic rings. The summed E-state index contributed by atoms with van der Waals surface area (Å²) in [6.45, 7) is 5.25. The molecule has 0 saturated carbocycles. The zero-order chi connectivity index (χ0) is 14.9. The molecule has 0 amide bonds. The number of benzene rings is 1. The molecule has 1 aromatic carbocycles. The Bertz CT molecular complexity index is 640. The van der Waals surface area contributed by atoms with Crippen molar-refractivity contribution >= 4 is 16.8 Å². The maximum atomic E-state index is 5.72. The van der Waals surface area contributed by atoms with Gasteiger partial charge in [0.1, 0.15) is 0 Å². The number of para-hydroxylation sites is 1. The third-order valence-corrected chi connectivity index (χ3v) is 5.24. The topological polar surface area (TPSA) is 58.5 Å². The number of nitrogens with two attached hydrogens (primary N) is 1. The predicted molar refractivity (Wildman–Crippen MR) is 88.0 cm³/mol. The van der Waals surface area contributed by atoms with Crippen LogP contribution in [0.5, 0.6) is 0 Å². The van der Waals surface area contributed by atoms with Gasteiger partial charge in [0.15, 0.2) is 11.4 Å². The van der Waals surface area contributed by atoms with E-state index in [2.05, 4.69) is 27.1 Å². The molecule has 2 saturated heterocycles. The third kappa shape index (κ3) is 2.48. The molecule has 22 heavy (non-hydrogen) atoms. The van der Waals surface area contributed by atoms with Crippen molar-refractivity contribution < 1.29 is 4.52 Å². The molecule has 2 atom stereocenters. The Morgan fingerprint density at radius 1 is 1.18 bits per heavy atom.